The van der Waals surface area contributed by atoms with E-state index >= 15 is 0 Å². The van der Waals surface area contributed by atoms with Crippen LogP contribution in [0, 0.1) is 5.92 Å². The van der Waals surface area contributed by atoms with Gasteiger partial charge >= 0.3 is 0 Å². The van der Waals surface area contributed by atoms with Crippen LogP contribution in [-0.2, 0) is 4.52 Å². The second kappa shape index (κ2) is 13.0. The summed E-state index contributed by atoms with van der Waals surface area (Å²) >= 11 is 11.3. The van der Waals surface area contributed by atoms with E-state index in [1.165, 1.54) is 0 Å². The number of unbranched alkanes of at least 4 members (excludes halogenated alkanes) is 2. The maximum atomic E-state index is 8.62. The van der Waals surface area contributed by atoms with E-state index < -0.39 is 9.03 Å². The van der Waals surface area contributed by atoms with Gasteiger partial charge in [0, 0.05) is 11.8 Å². The van der Waals surface area contributed by atoms with Gasteiger partial charge in [0.2, 0.25) is 0 Å². The lowest BCUT2D eigenvalue weighted by Gasteiger charge is -2.15. The van der Waals surface area contributed by atoms with Gasteiger partial charge in [0.25, 0.3) is 0 Å². The topological polar surface area (TPSA) is 29.5 Å². The van der Waals surface area contributed by atoms with Crippen molar-refractivity contribution in [1.82, 2.24) is 0 Å². The summed E-state index contributed by atoms with van der Waals surface area (Å²) in [6, 6.07) is 0. The van der Waals surface area contributed by atoms with E-state index in [2.05, 4.69) is 0 Å². The Bertz CT molecular complexity index is 118. The van der Waals surface area contributed by atoms with Gasteiger partial charge in [-0.15, -0.1) is 23.2 Å². The van der Waals surface area contributed by atoms with Gasteiger partial charge in [-0.3, -0.25) is 0 Å². The Kier molecular flexibility index (Phi) is 13.8. The Labute approximate surface area is 105 Å². The molecule has 0 rings (SSSR count). The lowest BCUT2D eigenvalue weighted by Crippen LogP contribution is -2.07. The highest BCUT2D eigenvalue weighted by Crippen LogP contribution is 2.19. The van der Waals surface area contributed by atoms with Gasteiger partial charge in [-0.2, -0.15) is 0 Å². The average molecular weight is 275 g/mol. The Morgan fingerprint density at radius 1 is 1.00 bits per heavy atom. The average Bonchev–Trinajstić information content (AvgIpc) is 2.25. The third kappa shape index (κ3) is 11.2. The number of halogens is 2. The predicted octanol–water partition coefficient (Wildman–Crippen LogP) is 3.94. The Morgan fingerprint density at radius 3 is 1.93 bits per heavy atom. The molecular formula is C10H21Cl2O2P. The van der Waals surface area contributed by atoms with Gasteiger partial charge in [-0.05, 0) is 31.6 Å². The molecule has 0 aromatic carbocycles. The number of hydrogen-bond acceptors (Lipinski definition) is 2. The first kappa shape index (κ1) is 15.9. The van der Waals surface area contributed by atoms with Crippen LogP contribution < -0.4 is 0 Å². The zero-order valence-corrected chi connectivity index (χ0v) is 11.6. The molecular weight excluding hydrogens is 254 g/mol. The van der Waals surface area contributed by atoms with Crippen molar-refractivity contribution in [3.63, 3.8) is 0 Å². The van der Waals surface area contributed by atoms with Crippen LogP contribution in [0.2, 0.25) is 0 Å². The molecule has 0 amide bonds. The number of hydrogen-bond donors (Lipinski definition) is 1. The molecule has 0 bridgehead atoms. The van der Waals surface area contributed by atoms with Crippen LogP contribution in [0.1, 0.15) is 38.5 Å². The summed E-state index contributed by atoms with van der Waals surface area (Å²) in [6.07, 6.45) is 6.70. The predicted molar refractivity (Wildman–Crippen MR) is 69.1 cm³/mol. The third-order valence-corrected chi connectivity index (χ3v) is 3.21. The molecule has 0 aliphatic heterocycles. The molecule has 92 valence electrons. The standard InChI is InChI=1S/C10H21Cl2O2P/c11-7-3-1-5-10(9-14-15-13)6-2-4-8-12/h10,13,15H,1-9H2. The summed E-state index contributed by atoms with van der Waals surface area (Å²) < 4.78 is 5.07. The summed E-state index contributed by atoms with van der Waals surface area (Å²) in [5, 5.41) is 0. The molecule has 1 atom stereocenters. The molecule has 0 aliphatic rings. The molecule has 15 heavy (non-hydrogen) atoms. The van der Waals surface area contributed by atoms with Crippen molar-refractivity contribution in [1.29, 1.82) is 0 Å². The second-order valence-electron chi connectivity index (χ2n) is 3.64. The molecule has 0 saturated carbocycles. The molecule has 0 spiro atoms. The third-order valence-electron chi connectivity index (χ3n) is 2.38. The summed E-state index contributed by atoms with van der Waals surface area (Å²) in [6.45, 7) is 0.666. The van der Waals surface area contributed by atoms with Gasteiger partial charge in [-0.1, -0.05) is 12.8 Å². The van der Waals surface area contributed by atoms with E-state index in [-0.39, 0.29) is 0 Å². The fourth-order valence-electron chi connectivity index (χ4n) is 1.52. The molecule has 0 saturated heterocycles. The van der Waals surface area contributed by atoms with Crippen molar-refractivity contribution < 1.29 is 9.42 Å². The minimum atomic E-state index is -0.391. The number of alkyl halides is 2. The molecule has 0 aromatic rings. The fourth-order valence-corrected chi connectivity index (χ4v) is 2.21. The van der Waals surface area contributed by atoms with Crippen LogP contribution in [0.5, 0.6) is 0 Å². The number of rotatable bonds is 11. The van der Waals surface area contributed by atoms with Crippen LogP contribution >= 0.6 is 32.2 Å². The minimum Gasteiger partial charge on any atom is -0.352 e. The van der Waals surface area contributed by atoms with E-state index in [9.17, 15) is 0 Å². The van der Waals surface area contributed by atoms with Gasteiger partial charge in [-0.25, -0.2) is 0 Å². The molecule has 0 aliphatic carbocycles. The van der Waals surface area contributed by atoms with Crippen LogP contribution in [0.4, 0.5) is 0 Å². The summed E-state index contributed by atoms with van der Waals surface area (Å²) in [5.74, 6) is 2.02. The van der Waals surface area contributed by atoms with E-state index in [1.54, 1.807) is 0 Å². The quantitative estimate of drug-likeness (QED) is 0.351. The van der Waals surface area contributed by atoms with E-state index in [0.29, 0.717) is 12.5 Å². The highest BCUT2D eigenvalue weighted by molar-refractivity contribution is 7.24. The summed E-state index contributed by atoms with van der Waals surface area (Å²) in [7, 11) is -0.391. The van der Waals surface area contributed by atoms with Gasteiger partial charge in [0.15, 0.2) is 9.03 Å². The van der Waals surface area contributed by atoms with Crippen molar-refractivity contribution in [2.45, 2.75) is 38.5 Å². The fraction of sp³-hybridized carbons (Fsp3) is 1.00. The van der Waals surface area contributed by atoms with E-state index in [0.717, 1.165) is 50.3 Å². The van der Waals surface area contributed by atoms with Crippen LogP contribution in [-0.4, -0.2) is 23.3 Å². The molecule has 1 unspecified atom stereocenters. The van der Waals surface area contributed by atoms with E-state index in [1.807, 2.05) is 0 Å². The van der Waals surface area contributed by atoms with Crippen LogP contribution in [0.25, 0.3) is 0 Å². The smallest absolute Gasteiger partial charge is 0.152 e. The summed E-state index contributed by atoms with van der Waals surface area (Å²) in [4.78, 5) is 8.62. The largest absolute Gasteiger partial charge is 0.352 e. The Morgan fingerprint density at radius 2 is 1.53 bits per heavy atom. The van der Waals surface area contributed by atoms with Crippen molar-refractivity contribution in [2.24, 2.45) is 5.92 Å². The van der Waals surface area contributed by atoms with Gasteiger partial charge < -0.3 is 9.42 Å². The van der Waals surface area contributed by atoms with Crippen LogP contribution in [0.15, 0.2) is 0 Å². The highest BCUT2D eigenvalue weighted by Gasteiger charge is 2.08. The second-order valence-corrected chi connectivity index (χ2v) is 4.87. The van der Waals surface area contributed by atoms with Gasteiger partial charge in [0.05, 0.1) is 6.61 Å². The molecule has 5 heteroatoms. The van der Waals surface area contributed by atoms with Crippen LogP contribution in [0.3, 0.4) is 0 Å². The zero-order valence-electron chi connectivity index (χ0n) is 9.05. The highest BCUT2D eigenvalue weighted by atomic mass is 35.5. The molecule has 0 fully saturated rings. The van der Waals surface area contributed by atoms with Crippen molar-refractivity contribution >= 4 is 32.2 Å². The maximum absolute atomic E-state index is 8.62. The van der Waals surface area contributed by atoms with Crippen molar-refractivity contribution in [2.75, 3.05) is 18.4 Å². The van der Waals surface area contributed by atoms with Crippen molar-refractivity contribution in [3.05, 3.63) is 0 Å². The first-order valence-corrected chi connectivity index (χ1v) is 7.40. The van der Waals surface area contributed by atoms with Gasteiger partial charge in [0.1, 0.15) is 0 Å². The van der Waals surface area contributed by atoms with E-state index in [4.69, 9.17) is 32.6 Å². The molecule has 0 aromatic heterocycles. The minimum absolute atomic E-state index is 0.391. The first-order valence-electron chi connectivity index (χ1n) is 5.48. The Hall–Kier alpha value is 0.930. The monoisotopic (exact) mass is 274 g/mol. The maximum Gasteiger partial charge on any atom is 0.152 e. The molecule has 0 heterocycles. The first-order chi connectivity index (χ1) is 7.35. The molecule has 1 N–H and O–H groups in total. The normalized spacial score (nSPS) is 12.0. The Balaban J connectivity index is 3.53. The molecule has 0 radical (unpaired) electrons. The van der Waals surface area contributed by atoms with Crippen molar-refractivity contribution in [3.8, 4) is 0 Å². The zero-order chi connectivity index (χ0) is 11.4. The SMILES string of the molecule is OPOCC(CCCCCl)CCCCCl. The lowest BCUT2D eigenvalue weighted by atomic mass is 9.97. The summed E-state index contributed by atoms with van der Waals surface area (Å²) in [5.41, 5.74) is 0. The lowest BCUT2D eigenvalue weighted by molar-refractivity contribution is 0.234. The molecule has 2 nitrogen and oxygen atoms in total.